The van der Waals surface area contributed by atoms with E-state index in [0.29, 0.717) is 0 Å². The lowest BCUT2D eigenvalue weighted by molar-refractivity contribution is -0.139. The first-order chi connectivity index (χ1) is 6.36. The fourth-order valence-corrected chi connectivity index (χ4v) is 1.15. The lowest BCUT2D eigenvalue weighted by Crippen LogP contribution is -2.09. The Morgan fingerprint density at radius 1 is 1.21 bits per heavy atom. The Hall–Kier alpha value is -1.26. The van der Waals surface area contributed by atoms with Gasteiger partial charge in [0.2, 0.25) is 0 Å². The van der Waals surface area contributed by atoms with Crippen LogP contribution in [0.25, 0.3) is 0 Å². The molecule has 1 nitrogen and oxygen atoms in total. The third kappa shape index (κ3) is 1.97. The van der Waals surface area contributed by atoms with Crippen LogP contribution in [-0.4, -0.2) is 7.11 Å². The minimum atomic E-state index is -4.60. The van der Waals surface area contributed by atoms with Crippen LogP contribution in [-0.2, 0) is 6.18 Å². The van der Waals surface area contributed by atoms with Gasteiger partial charge in [-0.05, 0) is 24.6 Å². The third-order valence-electron chi connectivity index (χ3n) is 1.70. The number of alkyl halides is 3. The van der Waals surface area contributed by atoms with Crippen molar-refractivity contribution in [3.05, 3.63) is 29.1 Å². The van der Waals surface area contributed by atoms with Gasteiger partial charge in [-0.2, -0.15) is 13.2 Å². The van der Waals surface area contributed by atoms with Gasteiger partial charge < -0.3 is 4.74 Å². The Bertz CT molecular complexity index is 343. The van der Waals surface area contributed by atoms with E-state index >= 15 is 0 Å². The van der Waals surface area contributed by atoms with Crippen LogP contribution in [0.5, 0.6) is 5.75 Å². The lowest BCUT2D eigenvalue weighted by Gasteiger charge is -2.13. The van der Waals surface area contributed by atoms with Crippen LogP contribution in [0.1, 0.15) is 11.1 Å². The molecule has 1 rings (SSSR count). The molecule has 5 heteroatoms. The van der Waals surface area contributed by atoms with Gasteiger partial charge in [-0.15, -0.1) is 0 Å². The molecule has 0 heterocycles. The number of halogens is 4. The third-order valence-corrected chi connectivity index (χ3v) is 1.70. The van der Waals surface area contributed by atoms with E-state index in [-0.39, 0.29) is 5.56 Å². The molecule has 0 bridgehead atoms. The molecule has 0 atom stereocenters. The van der Waals surface area contributed by atoms with Crippen molar-refractivity contribution in [2.75, 3.05) is 7.11 Å². The molecule has 0 unspecified atom stereocenters. The Balaban J connectivity index is 3.40. The van der Waals surface area contributed by atoms with E-state index in [2.05, 4.69) is 4.74 Å². The van der Waals surface area contributed by atoms with Gasteiger partial charge in [0.25, 0.3) is 0 Å². The molecule has 1 aromatic carbocycles. The summed E-state index contributed by atoms with van der Waals surface area (Å²) in [5.74, 6) is -1.76. The summed E-state index contributed by atoms with van der Waals surface area (Å²) in [4.78, 5) is 0. The van der Waals surface area contributed by atoms with Gasteiger partial charge in [0, 0.05) is 0 Å². The topological polar surface area (TPSA) is 9.23 Å². The van der Waals surface area contributed by atoms with E-state index in [4.69, 9.17) is 0 Å². The number of ether oxygens (including phenoxy) is 1. The molecule has 0 saturated heterocycles. The summed E-state index contributed by atoms with van der Waals surface area (Å²) in [7, 11) is 1.00. The number of methoxy groups -OCH3 is 1. The molecule has 0 amide bonds. The largest absolute Gasteiger partial charge is 0.493 e. The fraction of sp³-hybridized carbons (Fsp3) is 0.333. The molecule has 0 N–H and O–H groups in total. The van der Waals surface area contributed by atoms with Gasteiger partial charge in [-0.3, -0.25) is 0 Å². The van der Waals surface area contributed by atoms with Crippen LogP contribution in [0.2, 0.25) is 0 Å². The van der Waals surface area contributed by atoms with Crippen molar-refractivity contribution >= 4 is 0 Å². The molecule has 0 spiro atoms. The average Bonchev–Trinajstić information content (AvgIpc) is 2.01. The quantitative estimate of drug-likeness (QED) is 0.644. The first-order valence-electron chi connectivity index (χ1n) is 3.77. The number of benzene rings is 1. The van der Waals surface area contributed by atoms with E-state index in [1.165, 1.54) is 6.92 Å². The Kier molecular flexibility index (Phi) is 2.69. The Labute approximate surface area is 78.3 Å². The molecule has 14 heavy (non-hydrogen) atoms. The van der Waals surface area contributed by atoms with Crippen molar-refractivity contribution in [3.8, 4) is 5.75 Å². The molecule has 0 saturated carbocycles. The van der Waals surface area contributed by atoms with Crippen LogP contribution in [0, 0.1) is 12.7 Å². The summed E-state index contributed by atoms with van der Waals surface area (Å²) in [6.45, 7) is 1.39. The van der Waals surface area contributed by atoms with Gasteiger partial charge in [-0.25, -0.2) is 4.39 Å². The van der Waals surface area contributed by atoms with Crippen molar-refractivity contribution in [2.24, 2.45) is 0 Å². The molecule has 0 aliphatic carbocycles. The molecule has 0 radical (unpaired) electrons. The van der Waals surface area contributed by atoms with Gasteiger partial charge in [0.05, 0.1) is 7.11 Å². The highest BCUT2D eigenvalue weighted by Gasteiger charge is 2.35. The summed E-state index contributed by atoms with van der Waals surface area (Å²) >= 11 is 0. The predicted octanol–water partition coefficient (Wildman–Crippen LogP) is 3.16. The van der Waals surface area contributed by atoms with Crippen molar-refractivity contribution in [1.82, 2.24) is 0 Å². The summed E-state index contributed by atoms with van der Waals surface area (Å²) in [5.41, 5.74) is -0.881. The van der Waals surface area contributed by atoms with Crippen molar-refractivity contribution in [3.63, 3.8) is 0 Å². The summed E-state index contributed by atoms with van der Waals surface area (Å²) in [6, 6.07) is 1.84. The molecular weight excluding hydrogens is 200 g/mol. The zero-order valence-corrected chi connectivity index (χ0v) is 7.57. The van der Waals surface area contributed by atoms with Gasteiger partial charge in [0.15, 0.2) is 11.6 Å². The van der Waals surface area contributed by atoms with Crippen molar-refractivity contribution in [2.45, 2.75) is 13.1 Å². The molecule has 0 aliphatic heterocycles. The minimum Gasteiger partial charge on any atom is -0.493 e. The van der Waals surface area contributed by atoms with Gasteiger partial charge in [0.1, 0.15) is 5.56 Å². The number of aryl methyl sites for hydroxylation is 1. The maximum absolute atomic E-state index is 13.0. The molecule has 0 fully saturated rings. The smallest absolute Gasteiger partial charge is 0.420 e. The van der Waals surface area contributed by atoms with E-state index < -0.39 is 23.3 Å². The van der Waals surface area contributed by atoms with Crippen molar-refractivity contribution < 1.29 is 22.3 Å². The highest BCUT2D eigenvalue weighted by Crippen LogP contribution is 2.38. The standard InChI is InChI=1S/C9H8F4O/c1-5-3-6(9(11,12)13)8(14-2)7(10)4-5/h3-4H,1-2H3. The maximum atomic E-state index is 13.0. The second kappa shape index (κ2) is 3.48. The molecule has 0 aromatic heterocycles. The van der Waals surface area contributed by atoms with Gasteiger partial charge >= 0.3 is 6.18 Å². The van der Waals surface area contributed by atoms with Crippen molar-refractivity contribution in [1.29, 1.82) is 0 Å². The van der Waals surface area contributed by atoms with Crippen LogP contribution in [0.15, 0.2) is 12.1 Å². The highest BCUT2D eigenvalue weighted by molar-refractivity contribution is 5.40. The zero-order chi connectivity index (χ0) is 10.9. The molecule has 78 valence electrons. The fourth-order valence-electron chi connectivity index (χ4n) is 1.15. The zero-order valence-electron chi connectivity index (χ0n) is 7.57. The normalized spacial score (nSPS) is 11.6. The first kappa shape index (κ1) is 10.8. The van der Waals surface area contributed by atoms with Crippen LogP contribution in [0.4, 0.5) is 17.6 Å². The molecule has 1 aromatic rings. The van der Waals surface area contributed by atoms with Crippen LogP contribution in [0.3, 0.4) is 0 Å². The van der Waals surface area contributed by atoms with E-state index in [1.54, 1.807) is 0 Å². The van der Waals surface area contributed by atoms with Gasteiger partial charge in [-0.1, -0.05) is 0 Å². The van der Waals surface area contributed by atoms with E-state index in [0.717, 1.165) is 19.2 Å². The Morgan fingerprint density at radius 2 is 1.79 bits per heavy atom. The Morgan fingerprint density at radius 3 is 2.21 bits per heavy atom. The summed E-state index contributed by atoms with van der Waals surface area (Å²) in [5, 5.41) is 0. The van der Waals surface area contributed by atoms with E-state index in [9.17, 15) is 17.6 Å². The first-order valence-corrected chi connectivity index (χ1v) is 3.77. The number of hydrogen-bond acceptors (Lipinski definition) is 1. The number of rotatable bonds is 1. The van der Waals surface area contributed by atoms with Crippen LogP contribution >= 0.6 is 0 Å². The maximum Gasteiger partial charge on any atom is 0.420 e. The van der Waals surface area contributed by atoms with E-state index in [1.807, 2.05) is 0 Å². The highest BCUT2D eigenvalue weighted by atomic mass is 19.4. The monoisotopic (exact) mass is 208 g/mol. The predicted molar refractivity (Wildman–Crippen MR) is 42.7 cm³/mol. The van der Waals surface area contributed by atoms with Crippen LogP contribution < -0.4 is 4.74 Å². The minimum absolute atomic E-state index is 0.204. The second-order valence-corrected chi connectivity index (χ2v) is 2.83. The molecular formula is C9H8F4O. The second-order valence-electron chi connectivity index (χ2n) is 2.83. The average molecular weight is 208 g/mol. The number of hydrogen-bond donors (Lipinski definition) is 0. The SMILES string of the molecule is COc1c(F)cc(C)cc1C(F)(F)F. The lowest BCUT2D eigenvalue weighted by atomic mass is 10.1. The molecule has 0 aliphatic rings. The summed E-state index contributed by atoms with van der Waals surface area (Å²) in [6.07, 6.45) is -4.60. The summed E-state index contributed by atoms with van der Waals surface area (Å²) < 4.78 is 54.4.